The van der Waals surface area contributed by atoms with Crippen molar-refractivity contribution in [3.05, 3.63) is 60.4 Å². The molecule has 0 aliphatic carbocycles. The van der Waals surface area contributed by atoms with Crippen LogP contribution in [-0.2, 0) is 28.7 Å². The lowest BCUT2D eigenvalue weighted by atomic mass is 10.2. The number of benzene rings is 1. The van der Waals surface area contributed by atoms with Crippen molar-refractivity contribution in [2.45, 2.75) is 63.8 Å². The molecule has 0 fully saturated rings. The summed E-state index contributed by atoms with van der Waals surface area (Å²) in [6.45, 7) is 11.9. The highest BCUT2D eigenvalue weighted by Gasteiger charge is 2.26. The van der Waals surface area contributed by atoms with E-state index < -0.39 is 9.84 Å². The van der Waals surface area contributed by atoms with E-state index in [2.05, 4.69) is 16.9 Å². The summed E-state index contributed by atoms with van der Waals surface area (Å²) in [7, 11) is -3.66. The van der Waals surface area contributed by atoms with Crippen LogP contribution in [0.5, 0.6) is 0 Å². The van der Waals surface area contributed by atoms with Gasteiger partial charge in [-0.25, -0.2) is 18.2 Å². The van der Waals surface area contributed by atoms with Crippen LogP contribution in [0.1, 0.15) is 39.0 Å². The van der Waals surface area contributed by atoms with Gasteiger partial charge < -0.3 is 14.8 Å². The number of hydrogen-bond acceptors (Lipinski definition) is 4. The van der Waals surface area contributed by atoms with Gasteiger partial charge in [-0.1, -0.05) is 36.4 Å². The predicted octanol–water partition coefficient (Wildman–Crippen LogP) is 3.37. The molecule has 0 spiro atoms. The molecule has 0 radical (unpaired) electrons. The monoisotopic (exact) mass is 418 g/mol. The van der Waals surface area contributed by atoms with Gasteiger partial charge in [-0.05, 0) is 33.3 Å². The average molecular weight is 419 g/mol. The topological polar surface area (TPSA) is 84.3 Å². The number of rotatable bonds is 9. The Bertz CT molecular complexity index is 934. The lowest BCUT2D eigenvalue weighted by molar-refractivity contribution is 0.175. The van der Waals surface area contributed by atoms with E-state index in [1.807, 2.05) is 33.8 Å². The summed E-state index contributed by atoms with van der Waals surface area (Å²) in [5.41, 5.74) is 1.34. The number of amides is 2. The van der Waals surface area contributed by atoms with Crippen LogP contribution in [-0.4, -0.2) is 41.0 Å². The van der Waals surface area contributed by atoms with Crippen LogP contribution in [0, 0.1) is 0 Å². The molecule has 1 N–H and O–H groups in total. The van der Waals surface area contributed by atoms with Crippen molar-refractivity contribution >= 4 is 15.9 Å². The molecule has 1 heterocycles. The van der Waals surface area contributed by atoms with E-state index in [0.29, 0.717) is 11.3 Å². The maximum atomic E-state index is 13.0. The van der Waals surface area contributed by atoms with Crippen LogP contribution in [0.4, 0.5) is 4.79 Å². The first kappa shape index (κ1) is 22.7. The van der Waals surface area contributed by atoms with E-state index in [0.717, 1.165) is 0 Å². The molecule has 0 aliphatic rings. The van der Waals surface area contributed by atoms with Crippen LogP contribution >= 0.6 is 0 Å². The first-order valence-electron chi connectivity index (χ1n) is 9.64. The minimum Gasteiger partial charge on any atom is -0.336 e. The number of imidazole rings is 1. The van der Waals surface area contributed by atoms with Gasteiger partial charge in [-0.15, -0.1) is 6.58 Å². The quantitative estimate of drug-likeness (QED) is 0.633. The number of urea groups is 1. The minimum absolute atomic E-state index is 0.00338. The van der Waals surface area contributed by atoms with Crippen molar-refractivity contribution < 1.29 is 13.2 Å². The van der Waals surface area contributed by atoms with Crippen LogP contribution in [0.2, 0.25) is 0 Å². The van der Waals surface area contributed by atoms with Gasteiger partial charge in [0.05, 0.1) is 24.2 Å². The molecule has 0 saturated heterocycles. The van der Waals surface area contributed by atoms with E-state index in [-0.39, 0.29) is 42.1 Å². The van der Waals surface area contributed by atoms with Gasteiger partial charge in [0.2, 0.25) is 15.0 Å². The number of nitrogens with one attached hydrogen (secondary N) is 1. The SMILES string of the molecule is C=CCn1c(CN(C(=O)NC(C)C)C(C)C)cnc1S(=O)(=O)Cc1ccccc1. The Morgan fingerprint density at radius 2 is 1.90 bits per heavy atom. The zero-order valence-corrected chi connectivity index (χ0v) is 18.3. The summed E-state index contributed by atoms with van der Waals surface area (Å²) in [4.78, 5) is 18.4. The Kier molecular flexibility index (Phi) is 7.61. The first-order chi connectivity index (χ1) is 13.7. The zero-order chi connectivity index (χ0) is 21.6. The fourth-order valence-corrected chi connectivity index (χ4v) is 4.44. The first-order valence-corrected chi connectivity index (χ1v) is 11.3. The van der Waals surface area contributed by atoms with E-state index in [1.165, 1.54) is 6.20 Å². The number of aromatic nitrogens is 2. The predicted molar refractivity (Wildman–Crippen MR) is 114 cm³/mol. The molecule has 29 heavy (non-hydrogen) atoms. The molecule has 0 saturated carbocycles. The Hall–Kier alpha value is -2.61. The third-order valence-electron chi connectivity index (χ3n) is 4.32. The molecule has 1 aromatic heterocycles. The summed E-state index contributed by atoms with van der Waals surface area (Å²) in [6.07, 6.45) is 3.15. The number of allylic oxidation sites excluding steroid dienone is 1. The summed E-state index contributed by atoms with van der Waals surface area (Å²) in [6, 6.07) is 8.74. The van der Waals surface area contributed by atoms with Gasteiger partial charge in [0, 0.05) is 18.6 Å². The Morgan fingerprint density at radius 3 is 2.45 bits per heavy atom. The maximum absolute atomic E-state index is 13.0. The van der Waals surface area contributed by atoms with Crippen molar-refractivity contribution in [2.24, 2.45) is 0 Å². The maximum Gasteiger partial charge on any atom is 0.318 e. The molecule has 2 aromatic rings. The van der Waals surface area contributed by atoms with E-state index >= 15 is 0 Å². The Balaban J connectivity index is 2.36. The molecular formula is C21H30N4O3S. The summed E-state index contributed by atoms with van der Waals surface area (Å²) < 4.78 is 27.6. The van der Waals surface area contributed by atoms with Gasteiger partial charge in [0.15, 0.2) is 0 Å². The second kappa shape index (κ2) is 9.73. The number of nitrogens with zero attached hydrogens (tertiary/aromatic N) is 3. The van der Waals surface area contributed by atoms with Crippen molar-refractivity contribution in [2.75, 3.05) is 0 Å². The lowest BCUT2D eigenvalue weighted by Gasteiger charge is -2.28. The summed E-state index contributed by atoms with van der Waals surface area (Å²) in [5, 5.41) is 2.87. The smallest absolute Gasteiger partial charge is 0.318 e. The average Bonchev–Trinajstić information content (AvgIpc) is 3.03. The molecule has 2 amide bonds. The van der Waals surface area contributed by atoms with E-state index in [9.17, 15) is 13.2 Å². The largest absolute Gasteiger partial charge is 0.336 e. The van der Waals surface area contributed by atoms with Crippen LogP contribution in [0.3, 0.4) is 0 Å². The summed E-state index contributed by atoms with van der Waals surface area (Å²) in [5.74, 6) is -0.136. The zero-order valence-electron chi connectivity index (χ0n) is 17.5. The molecule has 1 aromatic carbocycles. The van der Waals surface area contributed by atoms with Crippen molar-refractivity contribution in [3.8, 4) is 0 Å². The molecular weight excluding hydrogens is 388 g/mol. The number of sulfone groups is 1. The van der Waals surface area contributed by atoms with Crippen LogP contribution in [0.25, 0.3) is 0 Å². The Morgan fingerprint density at radius 1 is 1.24 bits per heavy atom. The third kappa shape index (κ3) is 5.93. The van der Waals surface area contributed by atoms with Crippen molar-refractivity contribution in [3.63, 3.8) is 0 Å². The van der Waals surface area contributed by atoms with Gasteiger partial charge in [-0.2, -0.15) is 0 Å². The summed E-state index contributed by atoms with van der Waals surface area (Å²) >= 11 is 0. The molecule has 0 aliphatic heterocycles. The molecule has 158 valence electrons. The normalized spacial score (nSPS) is 11.7. The third-order valence-corrected chi connectivity index (χ3v) is 5.92. The standard InChI is InChI=1S/C21H30N4O3S/c1-6-12-24-19(14-25(17(4)5)20(26)23-16(2)3)13-22-21(24)29(27,28)15-18-10-8-7-9-11-18/h6-11,13,16-17H,1,12,14-15H2,2-5H3,(H,23,26). The highest BCUT2D eigenvalue weighted by molar-refractivity contribution is 7.90. The molecule has 8 heteroatoms. The second-order valence-electron chi connectivity index (χ2n) is 7.50. The van der Waals surface area contributed by atoms with Crippen LogP contribution in [0.15, 0.2) is 54.3 Å². The fraction of sp³-hybridized carbons (Fsp3) is 0.429. The van der Waals surface area contributed by atoms with Gasteiger partial charge in [-0.3, -0.25) is 0 Å². The van der Waals surface area contributed by atoms with Gasteiger partial charge in [0.25, 0.3) is 0 Å². The van der Waals surface area contributed by atoms with Gasteiger partial charge in [0.1, 0.15) is 0 Å². The molecule has 0 bridgehead atoms. The number of carbonyl (C=O) groups is 1. The van der Waals surface area contributed by atoms with Gasteiger partial charge >= 0.3 is 6.03 Å². The minimum atomic E-state index is -3.66. The van der Waals surface area contributed by atoms with Crippen molar-refractivity contribution in [1.82, 2.24) is 19.8 Å². The van der Waals surface area contributed by atoms with Crippen LogP contribution < -0.4 is 5.32 Å². The number of hydrogen-bond donors (Lipinski definition) is 1. The molecule has 7 nitrogen and oxygen atoms in total. The molecule has 0 atom stereocenters. The highest BCUT2D eigenvalue weighted by Crippen LogP contribution is 2.19. The van der Waals surface area contributed by atoms with E-state index in [1.54, 1.807) is 39.8 Å². The Labute approximate surface area is 173 Å². The highest BCUT2D eigenvalue weighted by atomic mass is 32.2. The fourth-order valence-electron chi connectivity index (χ4n) is 2.94. The second-order valence-corrected chi connectivity index (χ2v) is 9.39. The molecule has 0 unspecified atom stereocenters. The molecule has 2 rings (SSSR count). The number of carbonyl (C=O) groups excluding carboxylic acids is 1. The lowest BCUT2D eigenvalue weighted by Crippen LogP contribution is -2.46. The van der Waals surface area contributed by atoms with E-state index in [4.69, 9.17) is 0 Å². The van der Waals surface area contributed by atoms with Crippen molar-refractivity contribution in [1.29, 1.82) is 0 Å².